The molecule has 5 aromatic heterocycles. The lowest BCUT2D eigenvalue weighted by Gasteiger charge is -2.18. The number of aromatic nitrogens is 7. The molecule has 1 amide bonds. The van der Waals surface area contributed by atoms with Gasteiger partial charge in [-0.1, -0.05) is 0 Å². The molecule has 0 aliphatic heterocycles. The number of fused-ring (bicyclic) bond motifs is 2. The van der Waals surface area contributed by atoms with Gasteiger partial charge >= 0.3 is 0 Å². The largest absolute Gasteiger partial charge is 0.350 e. The van der Waals surface area contributed by atoms with E-state index in [1.165, 1.54) is 0 Å². The smallest absolute Gasteiger partial charge is 0.270 e. The van der Waals surface area contributed by atoms with Crippen molar-refractivity contribution in [1.29, 1.82) is 0 Å². The normalized spacial score (nSPS) is 11.2. The Morgan fingerprint density at radius 1 is 1.09 bits per heavy atom. The number of amides is 1. The van der Waals surface area contributed by atoms with Gasteiger partial charge in [0.25, 0.3) is 5.91 Å². The molecule has 0 saturated carbocycles. The maximum absolute atomic E-state index is 12.9. The highest BCUT2D eigenvalue weighted by Gasteiger charge is 2.17. The van der Waals surface area contributed by atoms with E-state index in [0.717, 1.165) is 22.4 Å². The molecule has 0 radical (unpaired) electrons. The third-order valence-electron chi connectivity index (χ3n) is 5.18. The van der Waals surface area contributed by atoms with Crippen LogP contribution in [-0.4, -0.2) is 53.8 Å². The number of carbonyl (C=O) groups is 1. The monoisotopic (exact) mass is 427 g/mol. The van der Waals surface area contributed by atoms with Crippen molar-refractivity contribution >= 4 is 34.1 Å². The fraction of sp³-hybridized carbons (Fsp3) is 0.182. The van der Waals surface area contributed by atoms with Gasteiger partial charge in [0.2, 0.25) is 0 Å². The number of hydrogen-bond acceptors (Lipinski definition) is 7. The first kappa shape index (κ1) is 19.6. The van der Waals surface area contributed by atoms with E-state index in [1.807, 2.05) is 49.5 Å². The Morgan fingerprint density at radius 2 is 2.00 bits per heavy atom. The highest BCUT2D eigenvalue weighted by Crippen LogP contribution is 2.24. The first-order valence-corrected chi connectivity index (χ1v) is 10.1. The van der Waals surface area contributed by atoms with Crippen molar-refractivity contribution in [3.8, 4) is 0 Å². The van der Waals surface area contributed by atoms with Crippen LogP contribution in [0.4, 0.5) is 11.5 Å². The highest BCUT2D eigenvalue weighted by molar-refractivity contribution is 5.93. The molecule has 0 atom stereocenters. The van der Waals surface area contributed by atoms with Crippen molar-refractivity contribution < 1.29 is 4.79 Å². The molecule has 5 rings (SSSR count). The van der Waals surface area contributed by atoms with Crippen LogP contribution in [0.1, 0.15) is 16.2 Å². The summed E-state index contributed by atoms with van der Waals surface area (Å²) < 4.78 is 3.41. The Bertz CT molecular complexity index is 1420. The van der Waals surface area contributed by atoms with Gasteiger partial charge in [-0.3, -0.25) is 19.4 Å². The Labute approximate surface area is 183 Å². The fourth-order valence-corrected chi connectivity index (χ4v) is 3.50. The van der Waals surface area contributed by atoms with Crippen LogP contribution >= 0.6 is 0 Å². The molecule has 1 N–H and O–H groups in total. The third-order valence-corrected chi connectivity index (χ3v) is 5.18. The summed E-state index contributed by atoms with van der Waals surface area (Å²) in [6.07, 6.45) is 7.65. The van der Waals surface area contributed by atoms with E-state index in [2.05, 4.69) is 30.5 Å². The molecule has 5 aromatic rings. The van der Waals surface area contributed by atoms with Crippen LogP contribution in [0.2, 0.25) is 0 Å². The molecule has 0 unspecified atom stereocenters. The van der Waals surface area contributed by atoms with Crippen LogP contribution in [-0.2, 0) is 13.5 Å². The summed E-state index contributed by atoms with van der Waals surface area (Å²) in [5.41, 5.74) is 4.36. The summed E-state index contributed by atoms with van der Waals surface area (Å²) in [5, 5.41) is 11.5. The number of nitrogens with one attached hydrogen (secondary N) is 1. The van der Waals surface area contributed by atoms with Gasteiger partial charge in [0.05, 0.1) is 29.1 Å². The molecule has 10 nitrogen and oxygen atoms in total. The maximum Gasteiger partial charge on any atom is 0.270 e. The van der Waals surface area contributed by atoms with Crippen molar-refractivity contribution in [2.24, 2.45) is 7.05 Å². The zero-order valence-corrected chi connectivity index (χ0v) is 17.7. The van der Waals surface area contributed by atoms with Crippen LogP contribution in [0, 0.1) is 0 Å². The summed E-state index contributed by atoms with van der Waals surface area (Å²) in [5.74, 6) is 0.457. The standard InChI is InChI=1S/C22H21N9O/c1-29-14-16(13-26-29)30(2)21-12-19(28-20-8-11-25-31(20)21)22(32)24-10-7-15-5-6-17-18(27-15)4-3-9-23-17/h3-6,8-9,11-14H,7,10H2,1-2H3,(H,24,32). The Morgan fingerprint density at radius 3 is 2.84 bits per heavy atom. The van der Waals surface area contributed by atoms with Crippen LogP contribution in [0.25, 0.3) is 16.7 Å². The molecule has 32 heavy (non-hydrogen) atoms. The second-order valence-corrected chi connectivity index (χ2v) is 7.38. The molecule has 0 aromatic carbocycles. The van der Waals surface area contributed by atoms with Gasteiger partial charge in [0.1, 0.15) is 11.5 Å². The lowest BCUT2D eigenvalue weighted by Crippen LogP contribution is -2.27. The van der Waals surface area contributed by atoms with Gasteiger partial charge < -0.3 is 10.2 Å². The molecule has 0 fully saturated rings. The number of pyridine rings is 2. The summed E-state index contributed by atoms with van der Waals surface area (Å²) in [4.78, 5) is 28.1. The Kier molecular flexibility index (Phi) is 4.94. The molecule has 0 spiro atoms. The quantitative estimate of drug-likeness (QED) is 0.442. The predicted octanol–water partition coefficient (Wildman–Crippen LogP) is 2.15. The SMILES string of the molecule is CN(c1cnn(C)c1)c1cc(C(=O)NCCc2ccc3ncccc3n2)nc2ccnn12. The van der Waals surface area contributed by atoms with E-state index in [1.54, 1.807) is 39.9 Å². The molecular formula is C22H21N9O. The van der Waals surface area contributed by atoms with Gasteiger partial charge in [-0.25, -0.2) is 4.98 Å². The van der Waals surface area contributed by atoms with Crippen LogP contribution in [0.15, 0.2) is 61.2 Å². The van der Waals surface area contributed by atoms with Crippen molar-refractivity contribution in [2.45, 2.75) is 6.42 Å². The number of aryl methyl sites for hydroxylation is 1. The molecule has 0 saturated heterocycles. The van der Waals surface area contributed by atoms with Gasteiger partial charge in [-0.15, -0.1) is 0 Å². The van der Waals surface area contributed by atoms with Crippen molar-refractivity contribution in [3.63, 3.8) is 0 Å². The van der Waals surface area contributed by atoms with E-state index in [-0.39, 0.29) is 5.91 Å². The number of hydrogen-bond donors (Lipinski definition) is 1. The second kappa shape index (κ2) is 8.06. The molecule has 0 bridgehead atoms. The predicted molar refractivity (Wildman–Crippen MR) is 120 cm³/mol. The van der Waals surface area contributed by atoms with Gasteiger partial charge in [0, 0.05) is 57.3 Å². The van der Waals surface area contributed by atoms with Gasteiger partial charge in [0.15, 0.2) is 5.65 Å². The zero-order valence-electron chi connectivity index (χ0n) is 17.7. The summed E-state index contributed by atoms with van der Waals surface area (Å²) in [7, 11) is 3.75. The zero-order chi connectivity index (χ0) is 22.1. The lowest BCUT2D eigenvalue weighted by atomic mass is 10.2. The van der Waals surface area contributed by atoms with Crippen molar-refractivity contribution in [1.82, 2.24) is 39.7 Å². The van der Waals surface area contributed by atoms with Gasteiger partial charge in [-0.05, 0) is 24.3 Å². The van der Waals surface area contributed by atoms with Crippen LogP contribution in [0.3, 0.4) is 0 Å². The minimum absolute atomic E-state index is 0.253. The van der Waals surface area contributed by atoms with E-state index in [0.29, 0.717) is 30.1 Å². The van der Waals surface area contributed by atoms with Gasteiger partial charge in [-0.2, -0.15) is 14.7 Å². The molecule has 10 heteroatoms. The minimum Gasteiger partial charge on any atom is -0.350 e. The number of anilines is 2. The topological polar surface area (TPSA) is 106 Å². The summed E-state index contributed by atoms with van der Waals surface area (Å²) >= 11 is 0. The van der Waals surface area contributed by atoms with Crippen molar-refractivity contribution in [2.75, 3.05) is 18.5 Å². The van der Waals surface area contributed by atoms with Crippen LogP contribution in [0.5, 0.6) is 0 Å². The first-order chi connectivity index (χ1) is 15.6. The lowest BCUT2D eigenvalue weighted by molar-refractivity contribution is 0.0949. The first-order valence-electron chi connectivity index (χ1n) is 10.1. The Hall–Kier alpha value is -4.34. The molecular weight excluding hydrogens is 406 g/mol. The van der Waals surface area contributed by atoms with E-state index in [4.69, 9.17) is 0 Å². The summed E-state index contributed by atoms with van der Waals surface area (Å²) in [6.45, 7) is 0.442. The minimum atomic E-state index is -0.253. The second-order valence-electron chi connectivity index (χ2n) is 7.38. The number of nitrogens with zero attached hydrogens (tertiary/aromatic N) is 8. The van der Waals surface area contributed by atoms with E-state index >= 15 is 0 Å². The van der Waals surface area contributed by atoms with E-state index < -0.39 is 0 Å². The molecule has 0 aliphatic rings. The number of carbonyl (C=O) groups excluding carboxylic acids is 1. The van der Waals surface area contributed by atoms with Crippen LogP contribution < -0.4 is 10.2 Å². The Balaban J connectivity index is 1.34. The van der Waals surface area contributed by atoms with Crippen molar-refractivity contribution in [3.05, 3.63) is 72.6 Å². The highest BCUT2D eigenvalue weighted by atomic mass is 16.1. The maximum atomic E-state index is 12.9. The average molecular weight is 427 g/mol. The summed E-state index contributed by atoms with van der Waals surface area (Å²) in [6, 6.07) is 11.1. The third kappa shape index (κ3) is 3.73. The van der Waals surface area contributed by atoms with E-state index in [9.17, 15) is 4.79 Å². The molecule has 0 aliphatic carbocycles. The number of rotatable bonds is 6. The average Bonchev–Trinajstić information content (AvgIpc) is 3.46. The molecule has 5 heterocycles. The molecule has 160 valence electrons. The fourth-order valence-electron chi connectivity index (χ4n) is 3.50.